The number of anilines is 1. The molecule has 1 unspecified atom stereocenters. The largest absolute Gasteiger partial charge is 0.390 e. The van der Waals surface area contributed by atoms with Gasteiger partial charge in [-0.1, -0.05) is 44.2 Å². The molecule has 16 nitrogen and oxygen atoms in total. The number of hydrazine groups is 1. The van der Waals surface area contributed by atoms with Crippen molar-refractivity contribution in [2.45, 2.75) is 43.9 Å². The molecule has 0 saturated carbocycles. The first-order valence-corrected chi connectivity index (χ1v) is 22.1. The van der Waals surface area contributed by atoms with Crippen molar-refractivity contribution in [2.75, 3.05) is 50.2 Å². The van der Waals surface area contributed by atoms with E-state index in [0.29, 0.717) is 29.0 Å². The van der Waals surface area contributed by atoms with Crippen LogP contribution in [-0.2, 0) is 35.3 Å². The van der Waals surface area contributed by atoms with Gasteiger partial charge in [-0.25, -0.2) is 10.9 Å². The quantitative estimate of drug-likeness (QED) is 0.0178. The Balaban J connectivity index is 1.66. The number of rotatable bonds is 18. The van der Waals surface area contributed by atoms with Crippen LogP contribution in [0.25, 0.3) is 0 Å². The summed E-state index contributed by atoms with van der Waals surface area (Å²) in [6, 6.07) is 12.4. The minimum absolute atomic E-state index is 0.126. The Hall–Kier alpha value is -4.60. The van der Waals surface area contributed by atoms with Gasteiger partial charge in [-0.15, -0.1) is 0 Å². The summed E-state index contributed by atoms with van der Waals surface area (Å²) in [6.07, 6.45) is 12.7. The minimum atomic E-state index is -4.22. The van der Waals surface area contributed by atoms with E-state index in [0.717, 1.165) is 38.9 Å². The lowest BCUT2D eigenvalue weighted by atomic mass is 9.75. The van der Waals surface area contributed by atoms with Gasteiger partial charge in [0, 0.05) is 71.3 Å². The van der Waals surface area contributed by atoms with E-state index in [1.807, 2.05) is 80.3 Å². The SMILES string of the molecule is CON(C)C(=O)C(/C=C1\CN=C(/C=C/C=C/C=C2/N(CCCS(=O)(=O)O)c3ccc(SO)cc3C2(C)c2ccc(C(=O)NN)cc2)C1(C)C)=C/NCCCS(=O)(=O)O. The number of hydroxylamine groups is 2. The second kappa shape index (κ2) is 19.4. The van der Waals surface area contributed by atoms with E-state index in [1.54, 1.807) is 24.3 Å². The van der Waals surface area contributed by atoms with Crippen LogP contribution in [0.5, 0.6) is 0 Å². The molecule has 4 rings (SSSR count). The highest BCUT2D eigenvalue weighted by molar-refractivity contribution is 7.93. The van der Waals surface area contributed by atoms with Crippen LogP contribution in [0.4, 0.5) is 5.69 Å². The van der Waals surface area contributed by atoms with Crippen LogP contribution < -0.4 is 21.5 Å². The van der Waals surface area contributed by atoms with Gasteiger partial charge in [0.05, 0.1) is 36.1 Å². The van der Waals surface area contributed by atoms with E-state index in [4.69, 9.17) is 20.2 Å². The maximum absolute atomic E-state index is 13.1. The van der Waals surface area contributed by atoms with Crippen molar-refractivity contribution in [1.29, 1.82) is 0 Å². The number of hydrogen-bond donors (Lipinski definition) is 6. The number of amides is 2. The number of allylic oxidation sites excluding steroid dienone is 6. The second-order valence-corrected chi connectivity index (χ2v) is 18.0. The first kappa shape index (κ1) is 46.1. The van der Waals surface area contributed by atoms with Gasteiger partial charge in [0.1, 0.15) is 0 Å². The summed E-state index contributed by atoms with van der Waals surface area (Å²) >= 11 is 0.601. The smallest absolute Gasteiger partial charge is 0.278 e. The van der Waals surface area contributed by atoms with E-state index in [9.17, 15) is 35.5 Å². The molecule has 0 aliphatic carbocycles. The van der Waals surface area contributed by atoms with Crippen LogP contribution in [0.15, 0.2) is 112 Å². The number of aliphatic imine (C=N–C) groups is 1. The minimum Gasteiger partial charge on any atom is -0.390 e. The molecule has 0 aromatic heterocycles. The van der Waals surface area contributed by atoms with Crippen LogP contribution in [0.3, 0.4) is 0 Å². The molecule has 0 fully saturated rings. The van der Waals surface area contributed by atoms with Crippen LogP contribution in [0.2, 0.25) is 0 Å². The summed E-state index contributed by atoms with van der Waals surface area (Å²) in [5.74, 6) is 3.60. The molecule has 0 radical (unpaired) electrons. The van der Waals surface area contributed by atoms with E-state index in [-0.39, 0.29) is 31.5 Å². The Bertz CT molecular complexity index is 2270. The van der Waals surface area contributed by atoms with E-state index in [2.05, 4.69) is 10.7 Å². The Morgan fingerprint density at radius 3 is 2.31 bits per heavy atom. The molecule has 1 atom stereocenters. The van der Waals surface area contributed by atoms with Gasteiger partial charge in [0.15, 0.2) is 0 Å². The number of hydrogen-bond acceptors (Lipinski definition) is 13. The number of fused-ring (bicyclic) bond motifs is 1. The fourth-order valence-electron chi connectivity index (χ4n) is 6.72. The first-order valence-electron chi connectivity index (χ1n) is 18.1. The fraction of sp³-hybridized carbons (Fsp3) is 0.359. The third-order valence-electron chi connectivity index (χ3n) is 10.1. The number of nitrogens with zero attached hydrogens (tertiary/aromatic N) is 3. The van der Waals surface area contributed by atoms with Crippen molar-refractivity contribution in [1.82, 2.24) is 15.8 Å². The molecule has 7 N–H and O–H groups in total. The van der Waals surface area contributed by atoms with Crippen LogP contribution in [0, 0.1) is 5.41 Å². The standard InChI is InChI=1S/C39H50N6O10S3/c1-38(2)30(23-28(37(47)44(4)55-5)25-41-19-9-21-57(49,50)51)26-42-34(38)11-7-6-8-12-35-39(3,29-15-13-27(14-16-29)36(46)43-40)32-24-31(56-48)17-18-33(32)45(35)20-10-22-58(52,53)54/h6-8,11-18,23-25,41,48H,9-10,19-22,26,40H2,1-5H3,(H,43,46)(H,49,50,51)(H,52,53,54)/b8-6+,11-7+,28-25+,30-23+,35-12+. The predicted octanol–water partition coefficient (Wildman–Crippen LogP) is 4.43. The molecule has 0 spiro atoms. The normalized spacial score (nSPS) is 19.6. The molecular weight excluding hydrogens is 809 g/mol. The van der Waals surface area contributed by atoms with Crippen molar-refractivity contribution in [3.8, 4) is 0 Å². The second-order valence-electron chi connectivity index (χ2n) is 14.2. The predicted molar refractivity (Wildman–Crippen MR) is 225 cm³/mol. The average Bonchev–Trinajstić information content (AvgIpc) is 3.59. The van der Waals surface area contributed by atoms with Crippen LogP contribution >= 0.6 is 12.0 Å². The summed E-state index contributed by atoms with van der Waals surface area (Å²) in [7, 11) is -5.50. The maximum Gasteiger partial charge on any atom is 0.278 e. The molecule has 2 aliphatic rings. The van der Waals surface area contributed by atoms with Crippen molar-refractivity contribution < 1.29 is 44.9 Å². The lowest BCUT2D eigenvalue weighted by Crippen LogP contribution is -2.32. The average molecular weight is 859 g/mol. The molecule has 19 heteroatoms. The number of carbonyl (C=O) groups is 2. The number of carbonyl (C=O) groups excluding carboxylic acids is 2. The molecular formula is C39H50N6O10S3. The van der Waals surface area contributed by atoms with E-state index < -0.39 is 54.4 Å². The summed E-state index contributed by atoms with van der Waals surface area (Å²) < 4.78 is 74.0. The zero-order valence-corrected chi connectivity index (χ0v) is 35.3. The zero-order chi connectivity index (χ0) is 42.9. The molecule has 2 aromatic rings. The van der Waals surface area contributed by atoms with Crippen LogP contribution in [0.1, 0.15) is 55.1 Å². The molecule has 2 amide bonds. The van der Waals surface area contributed by atoms with Crippen molar-refractivity contribution in [3.63, 3.8) is 0 Å². The molecule has 58 heavy (non-hydrogen) atoms. The Labute approximate surface area is 343 Å². The number of nitrogens with two attached hydrogens (primary N) is 1. The lowest BCUT2D eigenvalue weighted by molar-refractivity contribution is -0.163. The molecule has 0 bridgehead atoms. The highest BCUT2D eigenvalue weighted by Crippen LogP contribution is 2.52. The first-order chi connectivity index (χ1) is 27.3. The summed E-state index contributed by atoms with van der Waals surface area (Å²) in [4.78, 5) is 37.8. The number of nitrogens with one attached hydrogen (secondary N) is 2. The topological polar surface area (TPSA) is 241 Å². The number of benzene rings is 2. The number of likely N-dealkylation sites (N-methyl/N-ethyl adjacent to an activating group) is 1. The fourth-order valence-corrected chi connectivity index (χ4v) is 8.02. The maximum atomic E-state index is 13.1. The molecule has 0 saturated heterocycles. The molecule has 2 aromatic carbocycles. The van der Waals surface area contributed by atoms with Gasteiger partial charge in [0.2, 0.25) is 0 Å². The van der Waals surface area contributed by atoms with Crippen molar-refractivity contribution in [2.24, 2.45) is 16.3 Å². The molecule has 2 heterocycles. The van der Waals surface area contributed by atoms with Gasteiger partial charge in [-0.3, -0.25) is 34.0 Å². The third kappa shape index (κ3) is 11.3. The molecule has 314 valence electrons. The summed E-state index contributed by atoms with van der Waals surface area (Å²) in [5.41, 5.74) is 6.14. The van der Waals surface area contributed by atoms with Crippen molar-refractivity contribution >= 4 is 55.5 Å². The Morgan fingerprint density at radius 1 is 1.02 bits per heavy atom. The molecule has 2 aliphatic heterocycles. The summed E-state index contributed by atoms with van der Waals surface area (Å²) in [6.45, 7) is 6.73. The van der Waals surface area contributed by atoms with Gasteiger partial charge >= 0.3 is 0 Å². The van der Waals surface area contributed by atoms with Crippen molar-refractivity contribution in [3.05, 3.63) is 119 Å². The summed E-state index contributed by atoms with van der Waals surface area (Å²) in [5, 5.41) is 4.00. The van der Waals surface area contributed by atoms with E-state index in [1.165, 1.54) is 20.4 Å². The monoisotopic (exact) mass is 858 g/mol. The van der Waals surface area contributed by atoms with Crippen LogP contribution in [-0.4, -0.2) is 98.4 Å². The van der Waals surface area contributed by atoms with E-state index >= 15 is 0 Å². The van der Waals surface area contributed by atoms with Gasteiger partial charge in [-0.2, -0.15) is 16.8 Å². The number of nitrogen functional groups attached to an aromatic ring is 1. The Morgan fingerprint density at radius 2 is 1.69 bits per heavy atom. The van der Waals surface area contributed by atoms with Gasteiger partial charge in [0.25, 0.3) is 32.1 Å². The Kier molecular flexibility index (Phi) is 15.4. The zero-order valence-electron chi connectivity index (χ0n) is 32.9. The van der Waals surface area contributed by atoms with Gasteiger partial charge < -0.3 is 14.8 Å². The van der Waals surface area contributed by atoms with Gasteiger partial charge in [-0.05, 0) is 85.0 Å². The lowest BCUT2D eigenvalue weighted by Gasteiger charge is -2.31. The third-order valence-corrected chi connectivity index (χ3v) is 12.1. The highest BCUT2D eigenvalue weighted by Gasteiger charge is 2.45. The highest BCUT2D eigenvalue weighted by atomic mass is 32.2.